The van der Waals surface area contributed by atoms with E-state index in [9.17, 15) is 4.21 Å². The summed E-state index contributed by atoms with van der Waals surface area (Å²) in [6.45, 7) is 0. The molecule has 33 heavy (non-hydrogen) atoms. The van der Waals surface area contributed by atoms with Crippen molar-refractivity contribution in [3.8, 4) is 22.8 Å². The molecule has 0 saturated heterocycles. The number of hydrogen-bond acceptors (Lipinski definition) is 7. The smallest absolute Gasteiger partial charge is 0.227 e. The standard InChI is InChI=1S/C23H22ClN5O3S/c1-31-13-3-7-19-16(9-13)17(11-26-19)22-18(24)12-27-23(29-22)28-20-8-6-15(10-21(20)32-2)33(25,30)14-4-5-14/h3,6-12,14,25-26H,4-5H2,1-2H3,(H,27,28,29). The predicted octanol–water partition coefficient (Wildman–Crippen LogP) is 5.61. The number of benzene rings is 2. The summed E-state index contributed by atoms with van der Waals surface area (Å²) >= 11 is 6.45. The van der Waals surface area contributed by atoms with Crippen LogP contribution in [0.15, 0.2) is 53.7 Å². The Bertz CT molecular complexity index is 1460. The first kappa shape index (κ1) is 21.5. The molecule has 2 aromatic carbocycles. The van der Waals surface area contributed by atoms with Crippen molar-refractivity contribution in [3.63, 3.8) is 0 Å². The van der Waals surface area contributed by atoms with E-state index in [-0.39, 0.29) is 5.25 Å². The van der Waals surface area contributed by atoms with Crippen molar-refractivity contribution in [3.05, 3.63) is 53.8 Å². The number of ether oxygens (including phenoxy) is 2. The first-order chi connectivity index (χ1) is 15.9. The lowest BCUT2D eigenvalue weighted by Crippen LogP contribution is -2.06. The molecule has 0 aliphatic heterocycles. The van der Waals surface area contributed by atoms with Crippen LogP contribution in [0.3, 0.4) is 0 Å². The summed E-state index contributed by atoms with van der Waals surface area (Å²) in [6, 6.07) is 10.8. The normalized spacial score (nSPS) is 15.2. The minimum Gasteiger partial charge on any atom is -0.497 e. The molecule has 1 fully saturated rings. The number of rotatable bonds is 7. The number of aromatic amines is 1. The van der Waals surface area contributed by atoms with Crippen LogP contribution in [0, 0.1) is 4.78 Å². The Morgan fingerprint density at radius 1 is 1.18 bits per heavy atom. The Kier molecular flexibility index (Phi) is 5.38. The number of nitrogens with zero attached hydrogens (tertiary/aromatic N) is 2. The van der Waals surface area contributed by atoms with Gasteiger partial charge in [0, 0.05) is 27.9 Å². The van der Waals surface area contributed by atoms with E-state index in [1.54, 1.807) is 25.3 Å². The average Bonchev–Trinajstić information content (AvgIpc) is 3.61. The van der Waals surface area contributed by atoms with Gasteiger partial charge in [0.25, 0.3) is 0 Å². The first-order valence-corrected chi connectivity index (χ1v) is 12.3. The highest BCUT2D eigenvalue weighted by atomic mass is 35.5. The molecule has 1 atom stereocenters. The Morgan fingerprint density at radius 3 is 2.73 bits per heavy atom. The van der Waals surface area contributed by atoms with Gasteiger partial charge in [-0.3, -0.25) is 0 Å². The highest BCUT2D eigenvalue weighted by molar-refractivity contribution is 7.93. The van der Waals surface area contributed by atoms with Gasteiger partial charge in [0.1, 0.15) is 11.5 Å². The molecular weight excluding hydrogens is 462 g/mol. The number of methoxy groups -OCH3 is 2. The van der Waals surface area contributed by atoms with Gasteiger partial charge in [0.05, 0.1) is 51.4 Å². The maximum absolute atomic E-state index is 12.8. The molecule has 3 N–H and O–H groups in total. The zero-order valence-corrected chi connectivity index (χ0v) is 19.6. The zero-order chi connectivity index (χ0) is 23.2. The van der Waals surface area contributed by atoms with Gasteiger partial charge in [-0.2, -0.15) is 0 Å². The molecule has 10 heteroatoms. The van der Waals surface area contributed by atoms with Crippen LogP contribution in [0.4, 0.5) is 11.6 Å². The summed E-state index contributed by atoms with van der Waals surface area (Å²) in [5, 5.41) is 4.41. The molecule has 4 aromatic rings. The molecule has 0 amide bonds. The van der Waals surface area contributed by atoms with Crippen LogP contribution in [0.25, 0.3) is 22.2 Å². The minimum absolute atomic E-state index is 0.0713. The van der Waals surface area contributed by atoms with E-state index in [1.807, 2.05) is 24.4 Å². The number of aromatic nitrogens is 3. The SMILES string of the molecule is COc1ccc2[nH]cc(-c3nc(Nc4ccc(S(=N)(=O)C5CC5)cc4OC)ncc3Cl)c2c1. The van der Waals surface area contributed by atoms with Crippen molar-refractivity contribution in [1.82, 2.24) is 15.0 Å². The topological polar surface area (TPSA) is 113 Å². The van der Waals surface area contributed by atoms with Gasteiger partial charge in [-0.25, -0.2) is 19.0 Å². The minimum atomic E-state index is -2.83. The molecule has 8 nitrogen and oxygen atoms in total. The molecule has 1 unspecified atom stereocenters. The third-order valence-electron chi connectivity index (χ3n) is 5.65. The van der Waals surface area contributed by atoms with Crippen molar-refractivity contribution in [1.29, 1.82) is 4.78 Å². The van der Waals surface area contributed by atoms with E-state index in [0.717, 1.165) is 35.1 Å². The van der Waals surface area contributed by atoms with E-state index in [4.69, 9.17) is 25.9 Å². The van der Waals surface area contributed by atoms with Crippen LogP contribution in [-0.4, -0.2) is 38.6 Å². The van der Waals surface area contributed by atoms with Crippen LogP contribution in [-0.2, 0) is 9.73 Å². The van der Waals surface area contributed by atoms with Crippen LogP contribution in [0.1, 0.15) is 12.8 Å². The van der Waals surface area contributed by atoms with Gasteiger partial charge < -0.3 is 19.8 Å². The van der Waals surface area contributed by atoms with Crippen molar-refractivity contribution in [2.45, 2.75) is 23.0 Å². The van der Waals surface area contributed by atoms with Crippen LogP contribution < -0.4 is 14.8 Å². The second kappa shape index (κ2) is 8.24. The third-order valence-corrected chi connectivity index (χ3v) is 8.29. The third kappa shape index (κ3) is 3.98. The molecule has 170 valence electrons. The van der Waals surface area contributed by atoms with E-state index >= 15 is 0 Å². The Morgan fingerprint density at radius 2 is 2.00 bits per heavy atom. The molecule has 1 saturated carbocycles. The number of H-pyrrole nitrogens is 1. The lowest BCUT2D eigenvalue weighted by atomic mass is 10.1. The fourth-order valence-corrected chi connectivity index (χ4v) is 5.65. The van der Waals surface area contributed by atoms with Gasteiger partial charge in [-0.15, -0.1) is 0 Å². The van der Waals surface area contributed by atoms with Gasteiger partial charge in [-0.05, 0) is 49.2 Å². The van der Waals surface area contributed by atoms with E-state index in [0.29, 0.717) is 33.0 Å². The fourth-order valence-electron chi connectivity index (χ4n) is 3.72. The quantitative estimate of drug-likeness (QED) is 0.315. The number of nitrogens with one attached hydrogen (secondary N) is 3. The molecule has 5 rings (SSSR count). The summed E-state index contributed by atoms with van der Waals surface area (Å²) in [5.41, 5.74) is 2.91. The average molecular weight is 484 g/mol. The van der Waals surface area contributed by atoms with Crippen molar-refractivity contribution < 1.29 is 13.7 Å². The Hall–Kier alpha value is -3.30. The number of anilines is 2. The summed E-state index contributed by atoms with van der Waals surface area (Å²) in [6.07, 6.45) is 5.04. The van der Waals surface area contributed by atoms with Crippen molar-refractivity contribution in [2.24, 2.45) is 0 Å². The number of fused-ring (bicyclic) bond motifs is 1. The molecule has 2 heterocycles. The van der Waals surface area contributed by atoms with Crippen LogP contribution in [0.5, 0.6) is 11.5 Å². The lowest BCUT2D eigenvalue weighted by molar-refractivity contribution is 0.415. The Balaban J connectivity index is 1.50. The maximum atomic E-state index is 12.8. The molecule has 0 bridgehead atoms. The van der Waals surface area contributed by atoms with Gasteiger partial charge in [-0.1, -0.05) is 11.6 Å². The largest absolute Gasteiger partial charge is 0.497 e. The fraction of sp³-hybridized carbons (Fsp3) is 0.217. The first-order valence-electron chi connectivity index (χ1n) is 10.3. The lowest BCUT2D eigenvalue weighted by Gasteiger charge is -2.14. The summed E-state index contributed by atoms with van der Waals surface area (Å²) in [5.74, 6) is 1.52. The maximum Gasteiger partial charge on any atom is 0.227 e. The van der Waals surface area contributed by atoms with E-state index in [1.165, 1.54) is 13.3 Å². The molecule has 0 spiro atoms. The van der Waals surface area contributed by atoms with Crippen molar-refractivity contribution in [2.75, 3.05) is 19.5 Å². The zero-order valence-electron chi connectivity index (χ0n) is 18.0. The monoisotopic (exact) mass is 483 g/mol. The highest BCUT2D eigenvalue weighted by Gasteiger charge is 2.34. The summed E-state index contributed by atoms with van der Waals surface area (Å²) < 4.78 is 31.9. The van der Waals surface area contributed by atoms with Crippen molar-refractivity contribution >= 4 is 43.9 Å². The predicted molar refractivity (Wildman–Crippen MR) is 129 cm³/mol. The highest BCUT2D eigenvalue weighted by Crippen LogP contribution is 2.38. The summed E-state index contributed by atoms with van der Waals surface area (Å²) in [7, 11) is 0.322. The molecular formula is C23H22ClN5O3S. The number of hydrogen-bond donors (Lipinski definition) is 3. The Labute approximate surface area is 196 Å². The number of halogens is 1. The summed E-state index contributed by atoms with van der Waals surface area (Å²) in [4.78, 5) is 12.6. The molecule has 1 aliphatic rings. The molecule has 2 aromatic heterocycles. The second-order valence-electron chi connectivity index (χ2n) is 7.79. The van der Waals surface area contributed by atoms with E-state index < -0.39 is 9.73 Å². The van der Waals surface area contributed by atoms with Gasteiger partial charge in [0.2, 0.25) is 5.95 Å². The second-order valence-corrected chi connectivity index (χ2v) is 10.5. The van der Waals surface area contributed by atoms with Crippen LogP contribution >= 0.6 is 11.6 Å². The molecule has 1 aliphatic carbocycles. The van der Waals surface area contributed by atoms with Gasteiger partial charge >= 0.3 is 0 Å². The van der Waals surface area contributed by atoms with Gasteiger partial charge in [0.15, 0.2) is 0 Å². The van der Waals surface area contributed by atoms with E-state index in [2.05, 4.69) is 20.3 Å². The molecule has 0 radical (unpaired) electrons. The van der Waals surface area contributed by atoms with Crippen LogP contribution in [0.2, 0.25) is 5.02 Å².